The fraction of sp³-hybridized carbons (Fsp3) is 0.0588. The van der Waals surface area contributed by atoms with E-state index in [2.05, 4.69) is 15.0 Å². The Morgan fingerprint density at radius 2 is 2.08 bits per heavy atom. The van der Waals surface area contributed by atoms with E-state index in [9.17, 15) is 13.0 Å². The Bertz CT molecular complexity index is 1080. The second-order valence-electron chi connectivity index (χ2n) is 5.36. The third-order valence-electron chi connectivity index (χ3n) is 3.51. The molecule has 0 aliphatic heterocycles. The zero-order valence-electron chi connectivity index (χ0n) is 13.1. The van der Waals surface area contributed by atoms with Crippen LogP contribution in [0.2, 0.25) is 0 Å². The van der Waals surface area contributed by atoms with Crippen molar-refractivity contribution in [3.05, 3.63) is 64.6 Å². The second kappa shape index (κ2) is 6.93. The average Bonchev–Trinajstić information content (AvgIpc) is 3.20. The quantitative estimate of drug-likeness (QED) is 0.548. The van der Waals surface area contributed by atoms with Crippen LogP contribution in [0.25, 0.3) is 11.0 Å². The summed E-state index contributed by atoms with van der Waals surface area (Å²) >= 11 is 1.51. The van der Waals surface area contributed by atoms with E-state index in [0.29, 0.717) is 16.6 Å². The van der Waals surface area contributed by atoms with Crippen molar-refractivity contribution in [1.29, 1.82) is 0 Å². The predicted octanol–water partition coefficient (Wildman–Crippen LogP) is 4.40. The highest BCUT2D eigenvalue weighted by Crippen LogP contribution is 2.26. The number of benzene rings is 1. The van der Waals surface area contributed by atoms with Crippen LogP contribution < -0.4 is 4.74 Å². The molecule has 0 amide bonds. The van der Waals surface area contributed by atoms with Gasteiger partial charge >= 0.3 is 0 Å². The van der Waals surface area contributed by atoms with E-state index >= 15 is 0 Å². The van der Waals surface area contributed by atoms with Gasteiger partial charge in [-0.15, -0.1) is 11.3 Å². The van der Waals surface area contributed by atoms with Crippen LogP contribution in [-0.4, -0.2) is 19.2 Å². The summed E-state index contributed by atoms with van der Waals surface area (Å²) in [5, 5.41) is 4.14. The van der Waals surface area contributed by atoms with Crippen LogP contribution in [0.15, 0.2) is 52.4 Å². The normalized spacial score (nSPS) is 12.4. The lowest BCUT2D eigenvalue weighted by Crippen LogP contribution is -2.01. The molecule has 1 N–H and O–H groups in total. The van der Waals surface area contributed by atoms with Crippen molar-refractivity contribution >= 4 is 33.2 Å². The molecular weight excluding hydrogens is 380 g/mol. The molecule has 0 aliphatic rings. The Morgan fingerprint density at radius 3 is 2.88 bits per heavy atom. The van der Waals surface area contributed by atoms with Gasteiger partial charge in [-0.1, -0.05) is 0 Å². The number of imidazole rings is 1. The maximum atomic E-state index is 13.7. The van der Waals surface area contributed by atoms with Crippen LogP contribution in [0.1, 0.15) is 5.69 Å². The van der Waals surface area contributed by atoms with Gasteiger partial charge in [-0.05, 0) is 18.2 Å². The highest BCUT2D eigenvalue weighted by Gasteiger charge is 2.13. The summed E-state index contributed by atoms with van der Waals surface area (Å²) in [5.74, 6) is -1.14. The Hall–Kier alpha value is -2.65. The van der Waals surface area contributed by atoms with Crippen molar-refractivity contribution in [2.75, 3.05) is 0 Å². The van der Waals surface area contributed by atoms with Gasteiger partial charge in [-0.25, -0.2) is 13.8 Å². The predicted molar refractivity (Wildman–Crippen MR) is 94.8 cm³/mol. The highest BCUT2D eigenvalue weighted by atomic mass is 32.2. The molecule has 9 heteroatoms. The van der Waals surface area contributed by atoms with E-state index in [-0.39, 0.29) is 11.5 Å². The van der Waals surface area contributed by atoms with Crippen molar-refractivity contribution in [3.63, 3.8) is 0 Å². The molecule has 1 unspecified atom stereocenters. The average molecular weight is 391 g/mol. The lowest BCUT2D eigenvalue weighted by Gasteiger charge is -2.08. The van der Waals surface area contributed by atoms with Crippen LogP contribution in [-0.2, 0) is 16.6 Å². The molecule has 0 bridgehead atoms. The summed E-state index contributed by atoms with van der Waals surface area (Å²) in [6.07, 6.45) is 1.48. The lowest BCUT2D eigenvalue weighted by atomic mass is 10.3. The minimum atomic E-state index is -1.41. The SMILES string of the molecule is O=S(Cc1cc(Oc2ccc(F)cc2F)ccn1)c1nc2cscc2[nH]1. The topological polar surface area (TPSA) is 67.9 Å². The van der Waals surface area contributed by atoms with Crippen LogP contribution in [0, 0.1) is 11.6 Å². The fourth-order valence-corrected chi connectivity index (χ4v) is 4.00. The number of rotatable bonds is 5. The number of halogens is 2. The molecule has 0 saturated carbocycles. The van der Waals surface area contributed by atoms with Crippen LogP contribution in [0.4, 0.5) is 8.78 Å². The zero-order chi connectivity index (χ0) is 18.1. The molecule has 3 aromatic heterocycles. The molecule has 0 saturated heterocycles. The molecule has 0 radical (unpaired) electrons. The van der Waals surface area contributed by atoms with Crippen molar-refractivity contribution in [1.82, 2.24) is 15.0 Å². The molecule has 4 aromatic rings. The molecule has 0 aliphatic carbocycles. The van der Waals surface area contributed by atoms with E-state index in [1.54, 1.807) is 6.07 Å². The summed E-state index contributed by atoms with van der Waals surface area (Å²) in [6, 6.07) is 6.16. The number of hydrogen-bond acceptors (Lipinski definition) is 5. The Balaban J connectivity index is 1.51. The largest absolute Gasteiger partial charge is 0.454 e. The smallest absolute Gasteiger partial charge is 0.197 e. The Labute approximate surface area is 153 Å². The van der Waals surface area contributed by atoms with Crippen molar-refractivity contribution in [2.24, 2.45) is 0 Å². The van der Waals surface area contributed by atoms with Gasteiger partial charge in [0.15, 0.2) is 16.7 Å². The van der Waals surface area contributed by atoms with Gasteiger partial charge in [-0.3, -0.25) is 9.19 Å². The third-order valence-corrected chi connectivity index (χ3v) is 5.42. The van der Waals surface area contributed by atoms with E-state index < -0.39 is 22.4 Å². The van der Waals surface area contributed by atoms with Crippen LogP contribution in [0.5, 0.6) is 11.5 Å². The van der Waals surface area contributed by atoms with Gasteiger partial charge in [0, 0.05) is 29.1 Å². The number of H-pyrrole nitrogens is 1. The monoisotopic (exact) mass is 391 g/mol. The molecule has 132 valence electrons. The first kappa shape index (κ1) is 16.8. The van der Waals surface area contributed by atoms with Gasteiger partial charge in [0.25, 0.3) is 0 Å². The number of aromatic nitrogens is 3. The van der Waals surface area contributed by atoms with Gasteiger partial charge < -0.3 is 9.72 Å². The third kappa shape index (κ3) is 3.49. The number of aromatic amines is 1. The van der Waals surface area contributed by atoms with Gasteiger partial charge in [-0.2, -0.15) is 0 Å². The Morgan fingerprint density at radius 1 is 1.19 bits per heavy atom. The van der Waals surface area contributed by atoms with Gasteiger partial charge in [0.1, 0.15) is 17.1 Å². The number of fused-ring (bicyclic) bond motifs is 1. The standard InChI is InChI=1S/C17H11F2N3O2S2/c18-10-1-2-16(13(19)5-10)24-12-3-4-20-11(6-12)9-26(23)17-21-14-7-25-8-15(14)22-17/h1-8H,9H2,(H,21,22). The number of nitrogens with one attached hydrogen (secondary N) is 1. The van der Waals surface area contributed by atoms with E-state index in [0.717, 1.165) is 23.2 Å². The van der Waals surface area contributed by atoms with Crippen LogP contribution in [0.3, 0.4) is 0 Å². The number of hydrogen-bond donors (Lipinski definition) is 1. The van der Waals surface area contributed by atoms with Gasteiger partial charge in [0.05, 0.1) is 27.8 Å². The molecule has 0 spiro atoms. The summed E-state index contributed by atoms with van der Waals surface area (Å²) in [7, 11) is -1.41. The van der Waals surface area contributed by atoms with Gasteiger partial charge in [0.2, 0.25) is 0 Å². The molecule has 3 heterocycles. The summed E-state index contributed by atoms with van der Waals surface area (Å²) in [6.45, 7) is 0. The first-order valence-corrected chi connectivity index (χ1v) is 9.73. The highest BCUT2D eigenvalue weighted by molar-refractivity contribution is 7.84. The maximum absolute atomic E-state index is 13.7. The summed E-state index contributed by atoms with van der Waals surface area (Å²) < 4.78 is 44.6. The van der Waals surface area contributed by atoms with Crippen LogP contribution >= 0.6 is 11.3 Å². The first-order valence-electron chi connectivity index (χ1n) is 7.46. The number of ether oxygens (including phenoxy) is 1. The lowest BCUT2D eigenvalue weighted by molar-refractivity contribution is 0.437. The molecule has 5 nitrogen and oxygen atoms in total. The molecular formula is C17H11F2N3O2S2. The second-order valence-corrected chi connectivity index (χ2v) is 7.47. The minimum Gasteiger partial charge on any atom is -0.454 e. The van der Waals surface area contributed by atoms with Crippen molar-refractivity contribution < 1.29 is 17.7 Å². The van der Waals surface area contributed by atoms with Crippen molar-refractivity contribution in [2.45, 2.75) is 10.9 Å². The minimum absolute atomic E-state index is 0.101. The first-order chi connectivity index (χ1) is 12.6. The Kier molecular flexibility index (Phi) is 4.48. The molecule has 26 heavy (non-hydrogen) atoms. The molecule has 1 aromatic carbocycles. The van der Waals surface area contributed by atoms with E-state index in [4.69, 9.17) is 4.74 Å². The number of pyridine rings is 1. The molecule has 0 fully saturated rings. The maximum Gasteiger partial charge on any atom is 0.197 e. The fourth-order valence-electron chi connectivity index (χ4n) is 2.32. The summed E-state index contributed by atoms with van der Waals surface area (Å²) in [4.78, 5) is 11.5. The summed E-state index contributed by atoms with van der Waals surface area (Å²) in [5.41, 5.74) is 2.12. The molecule has 4 rings (SSSR count). The molecule has 1 atom stereocenters. The number of nitrogens with zero attached hydrogens (tertiary/aromatic N) is 2. The number of thiophene rings is 1. The van der Waals surface area contributed by atoms with E-state index in [1.807, 2.05) is 10.8 Å². The van der Waals surface area contributed by atoms with Crippen molar-refractivity contribution in [3.8, 4) is 11.5 Å². The van der Waals surface area contributed by atoms with E-state index in [1.165, 1.54) is 29.7 Å². The zero-order valence-corrected chi connectivity index (χ0v) is 14.7.